The minimum atomic E-state index is -2.69. The van der Waals surface area contributed by atoms with Gasteiger partial charge in [-0.1, -0.05) is 0 Å². The van der Waals surface area contributed by atoms with Crippen LogP contribution in [0.2, 0.25) is 0 Å². The van der Waals surface area contributed by atoms with Crippen LogP contribution in [0.3, 0.4) is 0 Å². The molecule has 4 aliphatic rings. The second-order valence-electron chi connectivity index (χ2n) is 8.54. The zero-order chi connectivity index (χ0) is 22.7. The fourth-order valence-electron chi connectivity index (χ4n) is 4.94. The summed E-state index contributed by atoms with van der Waals surface area (Å²) >= 11 is -2.69. The van der Waals surface area contributed by atoms with Gasteiger partial charge in [-0.15, -0.1) is 24.8 Å². The Bertz CT molecular complexity index is 1420. The van der Waals surface area contributed by atoms with Crippen LogP contribution in [-0.4, -0.2) is 3.21 Å². The Labute approximate surface area is 233 Å². The summed E-state index contributed by atoms with van der Waals surface area (Å²) in [5.41, 5.74) is 8.09. The van der Waals surface area contributed by atoms with E-state index in [1.807, 2.05) is 0 Å². The van der Waals surface area contributed by atoms with Crippen molar-refractivity contribution in [3.05, 3.63) is 157 Å². The van der Waals surface area contributed by atoms with E-state index in [-0.39, 0.29) is 24.8 Å². The van der Waals surface area contributed by atoms with Gasteiger partial charge in [0.1, 0.15) is 0 Å². The molecule has 2 aromatic carbocycles. The van der Waals surface area contributed by atoms with E-state index in [0.717, 1.165) is 0 Å². The van der Waals surface area contributed by atoms with Crippen LogP contribution in [0.15, 0.2) is 146 Å². The summed E-state index contributed by atoms with van der Waals surface area (Å²) in [6, 6.07) is 53.5. The molecule has 0 amide bonds. The summed E-state index contributed by atoms with van der Waals surface area (Å²) in [5.74, 6) is 0. The Morgan fingerprint density at radius 1 is 0.361 bits per heavy atom. The molecule has 0 N–H and O–H groups in total. The third-order valence-corrected chi connectivity index (χ3v) is 13.9. The molecule has 3 heteroatoms. The molecule has 0 saturated carbocycles. The van der Waals surface area contributed by atoms with E-state index < -0.39 is 21.3 Å². The minimum absolute atomic E-state index is 0. The monoisotopic (exact) mass is 582 g/mol. The van der Waals surface area contributed by atoms with Crippen molar-refractivity contribution < 1.29 is 21.3 Å². The molecule has 0 nitrogen and oxygen atoms in total. The SMILES string of the molecule is Cl.Cl.c1ccc([C](c2ccccc2)=[Zr]([c]2ccc3cccccc2-3)[c]2ccc3cccccc2-3)cc1. The average molecular weight is 585 g/mol. The first-order valence-electron chi connectivity index (χ1n) is 11.7. The predicted octanol–water partition coefficient (Wildman–Crippen LogP) is 7.58. The first-order chi connectivity index (χ1) is 16.9. The first kappa shape index (κ1) is 26.2. The molecule has 0 heterocycles. The number of hydrogen-bond donors (Lipinski definition) is 0. The molecule has 176 valence electrons. The Kier molecular flexibility index (Phi) is 8.70. The van der Waals surface area contributed by atoms with Crippen LogP contribution in [0.25, 0.3) is 22.3 Å². The Morgan fingerprint density at radius 2 is 0.722 bits per heavy atom. The molecule has 0 spiro atoms. The van der Waals surface area contributed by atoms with Crippen LogP contribution in [0.4, 0.5) is 0 Å². The summed E-state index contributed by atoms with van der Waals surface area (Å²) in [5, 5.41) is 0. The van der Waals surface area contributed by atoms with Gasteiger partial charge in [-0.05, 0) is 0 Å². The number of hydrogen-bond acceptors (Lipinski definition) is 0. The molecule has 0 atom stereocenters. The van der Waals surface area contributed by atoms with Gasteiger partial charge in [-0.25, -0.2) is 0 Å². The molecule has 0 bridgehead atoms. The van der Waals surface area contributed by atoms with Crippen molar-refractivity contribution in [2.24, 2.45) is 0 Å². The van der Waals surface area contributed by atoms with Crippen LogP contribution in [-0.2, 0) is 21.3 Å². The summed E-state index contributed by atoms with van der Waals surface area (Å²) < 4.78 is 4.60. The molecule has 0 saturated heterocycles. The average Bonchev–Trinajstić information content (AvgIpc) is 3.27. The Balaban J connectivity index is 0.00000152. The number of halogens is 2. The summed E-state index contributed by atoms with van der Waals surface area (Å²) in [7, 11) is 0. The fraction of sp³-hybridized carbons (Fsp3) is 0. The van der Waals surface area contributed by atoms with Gasteiger partial charge in [-0.2, -0.15) is 0 Å². The summed E-state index contributed by atoms with van der Waals surface area (Å²) in [6.45, 7) is 0. The molecule has 0 radical (unpaired) electrons. The standard InChI is InChI=1S/C13H10.2C10H7.2ClH.Zr/c1-3-7-12(8-4-1)11-13-9-5-2-6-10-13;2*1-2-5-9-7-4-8-10(9)6-3-1;;;/h1-10H;2*1-7H;2*1H;. The van der Waals surface area contributed by atoms with Crippen molar-refractivity contribution in [3.8, 4) is 22.3 Å². The van der Waals surface area contributed by atoms with Crippen LogP contribution >= 0.6 is 24.8 Å². The van der Waals surface area contributed by atoms with Crippen LogP contribution < -0.4 is 6.54 Å². The van der Waals surface area contributed by atoms with Gasteiger partial charge in [0.05, 0.1) is 0 Å². The molecule has 36 heavy (non-hydrogen) atoms. The zero-order valence-corrected chi connectivity index (χ0v) is 23.8. The first-order valence-corrected chi connectivity index (χ1v) is 15.4. The van der Waals surface area contributed by atoms with Crippen molar-refractivity contribution in [3.63, 3.8) is 0 Å². The van der Waals surface area contributed by atoms with Crippen molar-refractivity contribution >= 4 is 34.6 Å². The molecule has 2 aromatic rings. The van der Waals surface area contributed by atoms with E-state index in [4.69, 9.17) is 0 Å². The molecule has 0 fully saturated rings. The van der Waals surface area contributed by atoms with E-state index >= 15 is 0 Å². The Hall–Kier alpha value is -2.83. The van der Waals surface area contributed by atoms with Gasteiger partial charge in [0, 0.05) is 0 Å². The van der Waals surface area contributed by atoms with E-state index in [1.54, 1.807) is 0 Å². The van der Waals surface area contributed by atoms with Crippen LogP contribution in [0.1, 0.15) is 11.1 Å². The van der Waals surface area contributed by atoms with Crippen molar-refractivity contribution in [2.45, 2.75) is 0 Å². The van der Waals surface area contributed by atoms with Gasteiger partial charge in [0.25, 0.3) is 0 Å². The quantitative estimate of drug-likeness (QED) is 0.200. The molecule has 0 aromatic heterocycles. The number of fused-ring (bicyclic) bond motifs is 2. The second kappa shape index (κ2) is 11.9. The van der Waals surface area contributed by atoms with E-state index in [1.165, 1.54) is 43.1 Å². The van der Waals surface area contributed by atoms with E-state index in [2.05, 4.69) is 146 Å². The molecule has 6 rings (SSSR count). The van der Waals surface area contributed by atoms with Gasteiger partial charge < -0.3 is 0 Å². The fourth-order valence-corrected chi connectivity index (χ4v) is 12.9. The molecule has 0 unspecified atom stereocenters. The van der Waals surface area contributed by atoms with Crippen molar-refractivity contribution in [2.75, 3.05) is 0 Å². The molecule has 0 aliphatic heterocycles. The maximum absolute atomic E-state index is 2.69. The normalized spacial score (nSPS) is 10.3. The van der Waals surface area contributed by atoms with Gasteiger partial charge in [0.15, 0.2) is 0 Å². The van der Waals surface area contributed by atoms with Crippen molar-refractivity contribution in [1.29, 1.82) is 0 Å². The third kappa shape index (κ3) is 5.02. The Morgan fingerprint density at radius 3 is 1.14 bits per heavy atom. The van der Waals surface area contributed by atoms with Gasteiger partial charge >= 0.3 is 210 Å². The summed E-state index contributed by atoms with van der Waals surface area (Å²) in [6.07, 6.45) is 0. The van der Waals surface area contributed by atoms with Crippen LogP contribution in [0, 0.1) is 0 Å². The molecular formula is C33H26Cl2Zr. The zero-order valence-electron chi connectivity index (χ0n) is 19.7. The predicted molar refractivity (Wildman–Crippen MR) is 156 cm³/mol. The maximum atomic E-state index is 2.41. The van der Waals surface area contributed by atoms with Gasteiger partial charge in [0.2, 0.25) is 0 Å². The van der Waals surface area contributed by atoms with E-state index in [0.29, 0.717) is 0 Å². The third-order valence-electron chi connectivity index (χ3n) is 6.50. The molecule has 4 aliphatic carbocycles. The second-order valence-corrected chi connectivity index (χ2v) is 14.3. The van der Waals surface area contributed by atoms with Crippen LogP contribution in [0.5, 0.6) is 0 Å². The van der Waals surface area contributed by atoms with Crippen molar-refractivity contribution in [1.82, 2.24) is 0 Å². The number of benzene rings is 2. The molecular weight excluding hydrogens is 558 g/mol. The van der Waals surface area contributed by atoms with E-state index in [9.17, 15) is 0 Å². The number of rotatable bonds is 4. The topological polar surface area (TPSA) is 0 Å². The van der Waals surface area contributed by atoms with Gasteiger partial charge in [-0.3, -0.25) is 0 Å². The summed E-state index contributed by atoms with van der Waals surface area (Å²) in [4.78, 5) is 0.